The highest BCUT2D eigenvalue weighted by atomic mass is 79.9. The Morgan fingerprint density at radius 3 is 2.67 bits per heavy atom. The molecule has 0 aliphatic rings. The van der Waals surface area contributed by atoms with Crippen LogP contribution in [-0.2, 0) is 11.2 Å². The first-order valence-corrected chi connectivity index (χ1v) is 7.13. The van der Waals surface area contributed by atoms with E-state index in [4.69, 9.17) is 10.5 Å². The molecule has 4 heteroatoms. The maximum absolute atomic E-state index is 5.69. The zero-order chi connectivity index (χ0) is 13.5. The first-order chi connectivity index (χ1) is 8.60. The number of halogens is 1. The van der Waals surface area contributed by atoms with Crippen LogP contribution in [0.1, 0.15) is 19.4 Å². The fraction of sp³-hybridized carbons (Fsp3) is 0.571. The largest absolute Gasteiger partial charge is 0.383 e. The highest BCUT2D eigenvalue weighted by molar-refractivity contribution is 9.10. The van der Waals surface area contributed by atoms with Crippen LogP contribution in [0.5, 0.6) is 0 Å². The zero-order valence-corrected chi connectivity index (χ0v) is 13.0. The van der Waals surface area contributed by atoms with Crippen LogP contribution in [0.4, 0.5) is 5.69 Å². The molecule has 0 fully saturated rings. The van der Waals surface area contributed by atoms with Gasteiger partial charge in [0.15, 0.2) is 0 Å². The molecule has 0 radical (unpaired) electrons. The van der Waals surface area contributed by atoms with Crippen molar-refractivity contribution in [1.29, 1.82) is 0 Å². The molecule has 1 aromatic rings. The van der Waals surface area contributed by atoms with E-state index in [2.05, 4.69) is 52.9 Å². The van der Waals surface area contributed by atoms with Gasteiger partial charge in [0.1, 0.15) is 0 Å². The third-order valence-corrected chi connectivity index (χ3v) is 3.42. The van der Waals surface area contributed by atoms with Crippen LogP contribution in [0.3, 0.4) is 0 Å². The van der Waals surface area contributed by atoms with Gasteiger partial charge in [-0.15, -0.1) is 0 Å². The van der Waals surface area contributed by atoms with E-state index in [0.717, 1.165) is 24.0 Å². The summed E-state index contributed by atoms with van der Waals surface area (Å²) in [6, 6.07) is 6.82. The van der Waals surface area contributed by atoms with Gasteiger partial charge in [0.05, 0.1) is 6.61 Å². The van der Waals surface area contributed by atoms with Crippen molar-refractivity contribution in [2.75, 3.05) is 31.7 Å². The normalized spacial score (nSPS) is 11.0. The number of anilines is 1. The van der Waals surface area contributed by atoms with Crippen LogP contribution in [0.15, 0.2) is 22.7 Å². The minimum atomic E-state index is 0.436. The molecule has 3 nitrogen and oxygen atoms in total. The zero-order valence-electron chi connectivity index (χ0n) is 11.4. The standard InChI is InChI=1S/C14H23BrN2O/c1-11(2)17(8-9-18-3)14-10-13(15)5-4-12(14)6-7-16/h4-5,10-11H,6-9,16H2,1-3H3. The summed E-state index contributed by atoms with van der Waals surface area (Å²) in [6.45, 7) is 6.69. The number of nitrogens with zero attached hydrogens (tertiary/aromatic N) is 1. The molecule has 0 aliphatic carbocycles. The van der Waals surface area contributed by atoms with Gasteiger partial charge >= 0.3 is 0 Å². The van der Waals surface area contributed by atoms with Crippen LogP contribution >= 0.6 is 15.9 Å². The summed E-state index contributed by atoms with van der Waals surface area (Å²) in [7, 11) is 1.74. The lowest BCUT2D eigenvalue weighted by Gasteiger charge is -2.31. The number of rotatable bonds is 7. The SMILES string of the molecule is COCCN(c1cc(Br)ccc1CCN)C(C)C. The molecule has 18 heavy (non-hydrogen) atoms. The van der Waals surface area contributed by atoms with Gasteiger partial charge in [-0.2, -0.15) is 0 Å². The van der Waals surface area contributed by atoms with Crippen molar-refractivity contribution < 1.29 is 4.74 Å². The first-order valence-electron chi connectivity index (χ1n) is 6.34. The Hall–Kier alpha value is -0.580. The Kier molecular flexibility index (Phi) is 6.68. The third kappa shape index (κ3) is 4.26. The van der Waals surface area contributed by atoms with Gasteiger partial charge in [-0.3, -0.25) is 0 Å². The molecule has 0 atom stereocenters. The van der Waals surface area contributed by atoms with Crippen molar-refractivity contribution in [2.24, 2.45) is 5.73 Å². The predicted octanol–water partition coefficient (Wildman–Crippen LogP) is 2.81. The maximum Gasteiger partial charge on any atom is 0.0637 e. The van der Waals surface area contributed by atoms with E-state index in [0.29, 0.717) is 12.6 Å². The molecule has 0 amide bonds. The smallest absolute Gasteiger partial charge is 0.0637 e. The number of methoxy groups -OCH3 is 1. The Morgan fingerprint density at radius 2 is 2.11 bits per heavy atom. The van der Waals surface area contributed by atoms with Gasteiger partial charge in [-0.25, -0.2) is 0 Å². The van der Waals surface area contributed by atoms with Crippen molar-refractivity contribution in [2.45, 2.75) is 26.3 Å². The van der Waals surface area contributed by atoms with E-state index < -0.39 is 0 Å². The number of benzene rings is 1. The monoisotopic (exact) mass is 314 g/mol. The fourth-order valence-electron chi connectivity index (χ4n) is 2.02. The minimum Gasteiger partial charge on any atom is -0.383 e. The Morgan fingerprint density at radius 1 is 1.39 bits per heavy atom. The molecule has 102 valence electrons. The number of hydrogen-bond acceptors (Lipinski definition) is 3. The topological polar surface area (TPSA) is 38.5 Å². The van der Waals surface area contributed by atoms with Crippen molar-refractivity contribution in [3.8, 4) is 0 Å². The van der Waals surface area contributed by atoms with Crippen molar-refractivity contribution >= 4 is 21.6 Å². The second-order valence-corrected chi connectivity index (χ2v) is 5.51. The molecule has 1 aromatic carbocycles. The van der Waals surface area contributed by atoms with Crippen LogP contribution < -0.4 is 10.6 Å². The van der Waals surface area contributed by atoms with E-state index >= 15 is 0 Å². The minimum absolute atomic E-state index is 0.436. The van der Waals surface area contributed by atoms with Gasteiger partial charge < -0.3 is 15.4 Å². The summed E-state index contributed by atoms with van der Waals surface area (Å²) in [6.07, 6.45) is 0.902. The fourth-order valence-corrected chi connectivity index (χ4v) is 2.37. The lowest BCUT2D eigenvalue weighted by Crippen LogP contribution is -2.34. The van der Waals surface area contributed by atoms with E-state index in [1.165, 1.54) is 11.3 Å². The lowest BCUT2D eigenvalue weighted by molar-refractivity contribution is 0.204. The van der Waals surface area contributed by atoms with E-state index in [9.17, 15) is 0 Å². The summed E-state index contributed by atoms with van der Waals surface area (Å²) in [5, 5.41) is 0. The highest BCUT2D eigenvalue weighted by Gasteiger charge is 2.14. The molecule has 2 N–H and O–H groups in total. The Balaban J connectivity index is 3.03. The summed E-state index contributed by atoms with van der Waals surface area (Å²) < 4.78 is 6.29. The average Bonchev–Trinajstić information content (AvgIpc) is 2.32. The van der Waals surface area contributed by atoms with Crippen molar-refractivity contribution in [3.63, 3.8) is 0 Å². The van der Waals surface area contributed by atoms with Crippen LogP contribution in [0, 0.1) is 0 Å². The summed E-state index contributed by atoms with van der Waals surface area (Å²) in [5.41, 5.74) is 8.24. The number of ether oxygens (including phenoxy) is 1. The van der Waals surface area contributed by atoms with Gasteiger partial charge in [0.25, 0.3) is 0 Å². The summed E-state index contributed by atoms with van der Waals surface area (Å²) >= 11 is 3.54. The first kappa shape index (κ1) is 15.5. The molecule has 0 saturated carbocycles. The van der Waals surface area contributed by atoms with Crippen molar-refractivity contribution in [1.82, 2.24) is 0 Å². The lowest BCUT2D eigenvalue weighted by atomic mass is 10.1. The molecular formula is C14H23BrN2O. The van der Waals surface area contributed by atoms with Crippen LogP contribution in [0.2, 0.25) is 0 Å². The molecular weight excluding hydrogens is 292 g/mol. The summed E-state index contributed by atoms with van der Waals surface area (Å²) in [4.78, 5) is 2.36. The van der Waals surface area contributed by atoms with E-state index in [-0.39, 0.29) is 0 Å². The van der Waals surface area contributed by atoms with Gasteiger partial charge in [-0.1, -0.05) is 22.0 Å². The van der Waals surface area contributed by atoms with Gasteiger partial charge in [0, 0.05) is 29.9 Å². The maximum atomic E-state index is 5.69. The predicted molar refractivity (Wildman–Crippen MR) is 81.3 cm³/mol. The Bertz CT molecular complexity index is 369. The quantitative estimate of drug-likeness (QED) is 0.841. The molecule has 0 bridgehead atoms. The number of nitrogens with two attached hydrogens (primary N) is 1. The van der Waals surface area contributed by atoms with Crippen LogP contribution in [0.25, 0.3) is 0 Å². The molecule has 0 saturated heterocycles. The van der Waals surface area contributed by atoms with Crippen LogP contribution in [-0.4, -0.2) is 32.8 Å². The number of hydrogen-bond donors (Lipinski definition) is 1. The summed E-state index contributed by atoms with van der Waals surface area (Å²) in [5.74, 6) is 0. The molecule has 1 rings (SSSR count). The van der Waals surface area contributed by atoms with E-state index in [1.54, 1.807) is 7.11 Å². The molecule has 0 spiro atoms. The highest BCUT2D eigenvalue weighted by Crippen LogP contribution is 2.27. The molecule has 0 aromatic heterocycles. The van der Waals surface area contributed by atoms with Gasteiger partial charge in [-0.05, 0) is 44.5 Å². The second-order valence-electron chi connectivity index (χ2n) is 4.59. The van der Waals surface area contributed by atoms with Gasteiger partial charge in [0.2, 0.25) is 0 Å². The molecule has 0 aliphatic heterocycles. The molecule has 0 heterocycles. The third-order valence-electron chi connectivity index (χ3n) is 2.93. The molecule has 0 unspecified atom stereocenters. The van der Waals surface area contributed by atoms with E-state index in [1.807, 2.05) is 0 Å². The Labute approximate surface area is 118 Å². The average molecular weight is 315 g/mol. The second kappa shape index (κ2) is 7.77. The van der Waals surface area contributed by atoms with Crippen molar-refractivity contribution in [3.05, 3.63) is 28.2 Å².